The molecule has 0 radical (unpaired) electrons. The van der Waals surface area contributed by atoms with Crippen LogP contribution in [0.5, 0.6) is 0 Å². The smallest absolute Gasteiger partial charge is 0.158 e. The minimum atomic E-state index is -0.191. The van der Waals surface area contributed by atoms with Gasteiger partial charge in [0.25, 0.3) is 0 Å². The molecule has 1 aromatic rings. The van der Waals surface area contributed by atoms with Gasteiger partial charge < -0.3 is 20.8 Å². The molecule has 0 bridgehead atoms. The third-order valence-corrected chi connectivity index (χ3v) is 1.97. The van der Waals surface area contributed by atoms with Gasteiger partial charge in [-0.3, -0.25) is 5.41 Å². The SMILES string of the molecule is N=C(N)c1nccnc1N(CCO)CCO. The molecule has 0 aliphatic carbocycles. The summed E-state index contributed by atoms with van der Waals surface area (Å²) >= 11 is 0. The molecule has 0 saturated carbocycles. The topological polar surface area (TPSA) is 119 Å². The van der Waals surface area contributed by atoms with Crippen molar-refractivity contribution in [3.05, 3.63) is 18.1 Å². The number of aliphatic hydroxyl groups excluding tert-OH is 2. The maximum absolute atomic E-state index is 8.90. The van der Waals surface area contributed by atoms with Gasteiger partial charge in [0, 0.05) is 25.5 Å². The van der Waals surface area contributed by atoms with Crippen molar-refractivity contribution in [2.75, 3.05) is 31.2 Å². The van der Waals surface area contributed by atoms with Crippen LogP contribution in [0, 0.1) is 5.41 Å². The van der Waals surface area contributed by atoms with Crippen LogP contribution in [0.4, 0.5) is 5.82 Å². The van der Waals surface area contributed by atoms with E-state index >= 15 is 0 Å². The van der Waals surface area contributed by atoms with E-state index in [1.807, 2.05) is 0 Å². The van der Waals surface area contributed by atoms with Crippen LogP contribution < -0.4 is 10.6 Å². The first kappa shape index (κ1) is 12.3. The van der Waals surface area contributed by atoms with Gasteiger partial charge >= 0.3 is 0 Å². The first-order valence-corrected chi connectivity index (χ1v) is 4.82. The van der Waals surface area contributed by atoms with Crippen LogP contribution in [0.2, 0.25) is 0 Å². The van der Waals surface area contributed by atoms with Gasteiger partial charge in [-0.2, -0.15) is 0 Å². The number of nitrogen functional groups attached to an aromatic ring is 1. The quantitative estimate of drug-likeness (QED) is 0.347. The lowest BCUT2D eigenvalue weighted by Crippen LogP contribution is -2.33. The average molecular weight is 225 g/mol. The van der Waals surface area contributed by atoms with Gasteiger partial charge in [0.1, 0.15) is 11.5 Å². The van der Waals surface area contributed by atoms with E-state index in [0.717, 1.165) is 0 Å². The number of amidine groups is 1. The molecule has 0 unspecified atom stereocenters. The van der Waals surface area contributed by atoms with E-state index in [9.17, 15) is 0 Å². The van der Waals surface area contributed by atoms with Crippen LogP contribution >= 0.6 is 0 Å². The fourth-order valence-electron chi connectivity index (χ4n) is 1.32. The Morgan fingerprint density at radius 2 is 1.81 bits per heavy atom. The molecule has 7 heteroatoms. The van der Waals surface area contributed by atoms with Gasteiger partial charge in [0.15, 0.2) is 5.82 Å². The molecule has 0 fully saturated rings. The first-order chi connectivity index (χ1) is 7.70. The molecular weight excluding hydrogens is 210 g/mol. The minimum absolute atomic E-state index is 0.0755. The number of hydrogen-bond donors (Lipinski definition) is 4. The van der Waals surface area contributed by atoms with Crippen LogP contribution in [0.15, 0.2) is 12.4 Å². The summed E-state index contributed by atoms with van der Waals surface area (Å²) in [6.07, 6.45) is 2.92. The zero-order chi connectivity index (χ0) is 12.0. The molecule has 88 valence electrons. The van der Waals surface area contributed by atoms with Crippen LogP contribution in [0.25, 0.3) is 0 Å². The van der Waals surface area contributed by atoms with E-state index < -0.39 is 0 Å². The van der Waals surface area contributed by atoms with Gasteiger partial charge in [0.2, 0.25) is 0 Å². The lowest BCUT2D eigenvalue weighted by molar-refractivity contribution is 0.280. The van der Waals surface area contributed by atoms with Gasteiger partial charge in [0.05, 0.1) is 13.2 Å². The highest BCUT2D eigenvalue weighted by Crippen LogP contribution is 2.13. The van der Waals surface area contributed by atoms with Gasteiger partial charge in [-0.1, -0.05) is 0 Å². The second kappa shape index (κ2) is 5.99. The highest BCUT2D eigenvalue weighted by atomic mass is 16.3. The van der Waals surface area contributed by atoms with Crippen molar-refractivity contribution < 1.29 is 10.2 Å². The summed E-state index contributed by atoms with van der Waals surface area (Å²) in [4.78, 5) is 9.63. The van der Waals surface area contributed by atoms with Crippen molar-refractivity contribution in [3.8, 4) is 0 Å². The molecule has 0 atom stereocenters. The lowest BCUT2D eigenvalue weighted by Gasteiger charge is -2.22. The second-order valence-electron chi connectivity index (χ2n) is 3.08. The summed E-state index contributed by atoms with van der Waals surface area (Å²) in [6.45, 7) is 0.459. The molecule has 0 aliphatic rings. The number of aromatic nitrogens is 2. The van der Waals surface area contributed by atoms with Gasteiger partial charge in [-0.15, -0.1) is 0 Å². The Hall–Kier alpha value is -1.73. The molecule has 0 spiro atoms. The zero-order valence-electron chi connectivity index (χ0n) is 8.80. The minimum Gasteiger partial charge on any atom is -0.395 e. The van der Waals surface area contributed by atoms with Crippen LogP contribution in [0.3, 0.4) is 0 Å². The molecule has 0 aromatic carbocycles. The Morgan fingerprint density at radius 3 is 2.31 bits per heavy atom. The molecule has 1 aromatic heterocycles. The molecular formula is C9H15N5O2. The average Bonchev–Trinajstić information content (AvgIpc) is 2.29. The van der Waals surface area contributed by atoms with Crippen molar-refractivity contribution in [1.82, 2.24) is 9.97 Å². The maximum Gasteiger partial charge on any atom is 0.158 e. The predicted molar refractivity (Wildman–Crippen MR) is 59.4 cm³/mol. The van der Waals surface area contributed by atoms with Crippen molar-refractivity contribution in [3.63, 3.8) is 0 Å². The van der Waals surface area contributed by atoms with Crippen LogP contribution in [-0.2, 0) is 0 Å². The standard InChI is InChI=1S/C9H15N5O2/c10-8(11)7-9(13-2-1-12-7)14(3-5-15)4-6-16/h1-2,15-16H,3-6H2,(H3,10,11). The Bertz CT molecular complexity index is 352. The molecule has 1 heterocycles. The monoisotopic (exact) mass is 225 g/mol. The molecule has 16 heavy (non-hydrogen) atoms. The van der Waals surface area contributed by atoms with Crippen molar-refractivity contribution >= 4 is 11.7 Å². The van der Waals surface area contributed by atoms with E-state index in [0.29, 0.717) is 18.9 Å². The number of rotatable bonds is 6. The second-order valence-corrected chi connectivity index (χ2v) is 3.08. The molecule has 5 N–H and O–H groups in total. The van der Waals surface area contributed by atoms with E-state index in [2.05, 4.69) is 9.97 Å². The molecule has 0 aliphatic heterocycles. The van der Waals surface area contributed by atoms with E-state index in [4.69, 9.17) is 21.4 Å². The predicted octanol–water partition coefficient (Wildman–Crippen LogP) is -1.45. The summed E-state index contributed by atoms with van der Waals surface area (Å²) in [5, 5.41) is 25.2. The zero-order valence-corrected chi connectivity index (χ0v) is 8.80. The number of anilines is 1. The third kappa shape index (κ3) is 2.88. The van der Waals surface area contributed by atoms with Gasteiger partial charge in [-0.05, 0) is 0 Å². The number of hydrogen-bond acceptors (Lipinski definition) is 6. The molecule has 0 saturated heterocycles. The summed E-state index contributed by atoms with van der Waals surface area (Å²) in [7, 11) is 0. The highest BCUT2D eigenvalue weighted by Gasteiger charge is 2.14. The Kier molecular flexibility index (Phi) is 4.62. The Morgan fingerprint density at radius 1 is 1.25 bits per heavy atom. The van der Waals surface area contributed by atoms with Crippen molar-refractivity contribution in [1.29, 1.82) is 5.41 Å². The number of nitrogens with zero attached hydrogens (tertiary/aromatic N) is 3. The molecule has 0 amide bonds. The highest BCUT2D eigenvalue weighted by molar-refractivity contribution is 5.97. The lowest BCUT2D eigenvalue weighted by atomic mass is 10.3. The number of nitrogens with two attached hydrogens (primary N) is 1. The number of aliphatic hydroxyl groups is 2. The fourth-order valence-corrected chi connectivity index (χ4v) is 1.32. The van der Waals surface area contributed by atoms with E-state index in [1.54, 1.807) is 4.90 Å². The molecule has 1 rings (SSSR count). The maximum atomic E-state index is 8.90. The van der Waals surface area contributed by atoms with Crippen molar-refractivity contribution in [2.24, 2.45) is 5.73 Å². The van der Waals surface area contributed by atoms with E-state index in [1.165, 1.54) is 12.4 Å². The summed E-state index contributed by atoms with van der Waals surface area (Å²) in [5.41, 5.74) is 5.63. The van der Waals surface area contributed by atoms with Crippen molar-refractivity contribution in [2.45, 2.75) is 0 Å². The summed E-state index contributed by atoms with van der Waals surface area (Å²) in [6, 6.07) is 0. The van der Waals surface area contributed by atoms with Crippen LogP contribution in [-0.4, -0.2) is 52.3 Å². The Labute approximate surface area is 93.1 Å². The van der Waals surface area contributed by atoms with E-state index in [-0.39, 0.29) is 24.7 Å². The summed E-state index contributed by atoms with van der Waals surface area (Å²) < 4.78 is 0. The number of nitrogens with one attached hydrogen (secondary N) is 1. The first-order valence-electron chi connectivity index (χ1n) is 4.82. The third-order valence-electron chi connectivity index (χ3n) is 1.97. The molecule has 7 nitrogen and oxygen atoms in total. The largest absolute Gasteiger partial charge is 0.395 e. The normalized spacial score (nSPS) is 10.1. The van der Waals surface area contributed by atoms with Gasteiger partial charge in [-0.25, -0.2) is 9.97 Å². The fraction of sp³-hybridized carbons (Fsp3) is 0.444. The Balaban J connectivity index is 3.02. The summed E-state index contributed by atoms with van der Waals surface area (Å²) in [5.74, 6) is 0.210. The van der Waals surface area contributed by atoms with Crippen LogP contribution in [0.1, 0.15) is 5.69 Å².